The molecule has 7 heteroatoms. The van der Waals surface area contributed by atoms with Crippen molar-refractivity contribution in [1.29, 1.82) is 0 Å². The van der Waals surface area contributed by atoms with Crippen LogP contribution in [0.5, 0.6) is 17.4 Å². The summed E-state index contributed by atoms with van der Waals surface area (Å²) in [5.41, 5.74) is 2.16. The van der Waals surface area contributed by atoms with Crippen molar-refractivity contribution in [2.45, 2.75) is 25.3 Å². The van der Waals surface area contributed by atoms with Gasteiger partial charge in [-0.25, -0.2) is 9.97 Å². The minimum atomic E-state index is 0.334. The quantitative estimate of drug-likeness (QED) is 0.654. The molecule has 7 nitrogen and oxygen atoms in total. The topological polar surface area (TPSA) is 65.3 Å². The maximum atomic E-state index is 6.09. The van der Waals surface area contributed by atoms with E-state index in [-0.39, 0.29) is 0 Å². The van der Waals surface area contributed by atoms with E-state index < -0.39 is 0 Å². The van der Waals surface area contributed by atoms with Gasteiger partial charge in [-0.2, -0.15) is 0 Å². The van der Waals surface area contributed by atoms with Crippen molar-refractivity contribution < 1.29 is 9.47 Å². The van der Waals surface area contributed by atoms with Crippen LogP contribution in [0.15, 0.2) is 49.2 Å². The number of piperidine rings is 1. The molecule has 0 bridgehead atoms. The molecule has 1 saturated heterocycles. The summed E-state index contributed by atoms with van der Waals surface area (Å²) in [7, 11) is 3.67. The van der Waals surface area contributed by atoms with Crippen LogP contribution in [-0.4, -0.2) is 44.6 Å². The number of methoxy groups -OCH3 is 1. The predicted molar refractivity (Wildman–Crippen MR) is 106 cm³/mol. The first-order valence-electron chi connectivity index (χ1n) is 9.54. The summed E-state index contributed by atoms with van der Waals surface area (Å²) in [5.74, 6) is 2.24. The molecule has 0 saturated carbocycles. The van der Waals surface area contributed by atoms with E-state index in [1.165, 1.54) is 5.69 Å². The second-order valence-electron chi connectivity index (χ2n) is 7.05. The Kier molecular flexibility index (Phi) is 5.53. The monoisotopic (exact) mass is 379 g/mol. The van der Waals surface area contributed by atoms with Crippen LogP contribution in [0.25, 0.3) is 0 Å². The van der Waals surface area contributed by atoms with Crippen LogP contribution in [0.3, 0.4) is 0 Å². The molecule has 0 amide bonds. The molecule has 0 aliphatic carbocycles. The number of likely N-dealkylation sites (tertiary alicyclic amines) is 1. The highest BCUT2D eigenvalue weighted by atomic mass is 16.5. The Morgan fingerprint density at radius 1 is 1.07 bits per heavy atom. The molecule has 3 heterocycles. The van der Waals surface area contributed by atoms with Crippen LogP contribution >= 0.6 is 0 Å². The van der Waals surface area contributed by atoms with E-state index in [0.717, 1.165) is 38.2 Å². The minimum absolute atomic E-state index is 0.334. The van der Waals surface area contributed by atoms with Crippen LogP contribution in [0.2, 0.25) is 0 Å². The van der Waals surface area contributed by atoms with Gasteiger partial charge in [-0.15, -0.1) is 0 Å². The fourth-order valence-electron chi connectivity index (χ4n) is 3.63. The van der Waals surface area contributed by atoms with E-state index >= 15 is 0 Å². The molecule has 1 aliphatic heterocycles. The fraction of sp³-hybridized carbons (Fsp3) is 0.381. The number of nitrogens with zero attached hydrogens (tertiary/aromatic N) is 5. The smallest absolute Gasteiger partial charge is 0.241 e. The molecule has 0 N–H and O–H groups in total. The van der Waals surface area contributed by atoms with Crippen LogP contribution in [0.1, 0.15) is 30.1 Å². The normalized spacial score (nSPS) is 15.5. The zero-order valence-corrected chi connectivity index (χ0v) is 16.3. The molecular formula is C21H25N5O2. The fourth-order valence-corrected chi connectivity index (χ4v) is 3.63. The average molecular weight is 379 g/mol. The Balaban J connectivity index is 1.45. The Bertz CT molecular complexity index is 918. The number of imidazole rings is 1. The molecule has 1 aromatic carbocycles. The third kappa shape index (κ3) is 3.99. The first kappa shape index (κ1) is 18.4. The molecule has 4 rings (SSSR count). The highest BCUT2D eigenvalue weighted by Gasteiger charge is 2.26. The summed E-state index contributed by atoms with van der Waals surface area (Å²) in [6.07, 6.45) is 9.26. The van der Waals surface area contributed by atoms with Gasteiger partial charge in [-0.3, -0.25) is 9.88 Å². The zero-order chi connectivity index (χ0) is 19.3. The third-order valence-electron chi connectivity index (χ3n) is 5.24. The van der Waals surface area contributed by atoms with Crippen molar-refractivity contribution in [2.75, 3.05) is 20.2 Å². The van der Waals surface area contributed by atoms with Gasteiger partial charge in [0.15, 0.2) is 11.5 Å². The summed E-state index contributed by atoms with van der Waals surface area (Å²) in [4.78, 5) is 15.7. The van der Waals surface area contributed by atoms with Gasteiger partial charge in [-0.1, -0.05) is 12.1 Å². The van der Waals surface area contributed by atoms with Crippen molar-refractivity contribution in [3.05, 3.63) is 60.6 Å². The van der Waals surface area contributed by atoms with Gasteiger partial charge in [0, 0.05) is 38.1 Å². The Hall–Kier alpha value is -2.93. The molecular weight excluding hydrogens is 354 g/mol. The Morgan fingerprint density at radius 2 is 1.82 bits per heavy atom. The first-order valence-corrected chi connectivity index (χ1v) is 9.54. The van der Waals surface area contributed by atoms with E-state index in [9.17, 15) is 0 Å². The SMILES string of the molecule is COc1ccccc1Oc1nccnc1C1CCN(Cc2cncn2C)CC1. The molecule has 0 atom stereocenters. The number of para-hydroxylation sites is 2. The number of ether oxygens (including phenoxy) is 2. The molecule has 3 aromatic rings. The van der Waals surface area contributed by atoms with Gasteiger partial charge in [0.25, 0.3) is 0 Å². The van der Waals surface area contributed by atoms with Crippen LogP contribution in [0.4, 0.5) is 0 Å². The second-order valence-corrected chi connectivity index (χ2v) is 7.05. The number of hydrogen-bond donors (Lipinski definition) is 0. The maximum absolute atomic E-state index is 6.09. The van der Waals surface area contributed by atoms with E-state index in [1.54, 1.807) is 19.5 Å². The lowest BCUT2D eigenvalue weighted by Gasteiger charge is -2.31. The van der Waals surface area contributed by atoms with E-state index in [1.807, 2.05) is 43.8 Å². The van der Waals surface area contributed by atoms with Crippen molar-refractivity contribution in [3.63, 3.8) is 0 Å². The third-order valence-corrected chi connectivity index (χ3v) is 5.24. The lowest BCUT2D eigenvalue weighted by Crippen LogP contribution is -2.33. The molecule has 2 aromatic heterocycles. The summed E-state index contributed by atoms with van der Waals surface area (Å²) in [6, 6.07) is 7.60. The van der Waals surface area contributed by atoms with Gasteiger partial charge >= 0.3 is 0 Å². The number of hydrogen-bond acceptors (Lipinski definition) is 6. The molecule has 0 radical (unpaired) electrons. The predicted octanol–water partition coefficient (Wildman–Crippen LogP) is 3.39. The standard InChI is InChI=1S/C21H25N5O2/c1-25-15-22-13-17(25)14-26-11-7-16(8-12-26)20-21(24-10-9-23-20)28-19-6-4-3-5-18(19)27-2/h3-6,9-10,13,15-16H,7-8,11-12,14H2,1-2H3. The van der Waals surface area contributed by atoms with E-state index in [0.29, 0.717) is 23.3 Å². The van der Waals surface area contributed by atoms with Crippen LogP contribution in [0, 0.1) is 0 Å². The van der Waals surface area contributed by atoms with Gasteiger partial charge in [0.05, 0.1) is 19.1 Å². The van der Waals surface area contributed by atoms with Crippen molar-refractivity contribution in [2.24, 2.45) is 7.05 Å². The van der Waals surface area contributed by atoms with Crippen LogP contribution < -0.4 is 9.47 Å². The Labute approximate surface area is 165 Å². The largest absolute Gasteiger partial charge is 0.493 e. The first-order chi connectivity index (χ1) is 13.7. The van der Waals surface area contributed by atoms with Crippen molar-refractivity contribution in [3.8, 4) is 17.4 Å². The van der Waals surface area contributed by atoms with Gasteiger partial charge in [0.2, 0.25) is 5.88 Å². The molecule has 28 heavy (non-hydrogen) atoms. The molecule has 1 aliphatic rings. The van der Waals surface area contributed by atoms with E-state index in [2.05, 4.69) is 24.4 Å². The number of rotatable bonds is 6. The summed E-state index contributed by atoms with van der Waals surface area (Å²) < 4.78 is 13.6. The van der Waals surface area contributed by atoms with Gasteiger partial charge in [0.1, 0.15) is 5.69 Å². The van der Waals surface area contributed by atoms with Crippen molar-refractivity contribution in [1.82, 2.24) is 24.4 Å². The molecule has 0 unspecified atom stereocenters. The minimum Gasteiger partial charge on any atom is -0.493 e. The number of aromatic nitrogens is 4. The maximum Gasteiger partial charge on any atom is 0.241 e. The number of aryl methyl sites for hydroxylation is 1. The number of benzene rings is 1. The Morgan fingerprint density at radius 3 is 2.54 bits per heavy atom. The van der Waals surface area contributed by atoms with Gasteiger partial charge in [-0.05, 0) is 38.1 Å². The van der Waals surface area contributed by atoms with Gasteiger partial charge < -0.3 is 14.0 Å². The molecule has 1 fully saturated rings. The zero-order valence-electron chi connectivity index (χ0n) is 16.3. The summed E-state index contributed by atoms with van der Waals surface area (Å²) >= 11 is 0. The lowest BCUT2D eigenvalue weighted by atomic mass is 9.93. The molecule has 146 valence electrons. The average Bonchev–Trinajstić information content (AvgIpc) is 3.14. The highest BCUT2D eigenvalue weighted by Crippen LogP contribution is 2.36. The van der Waals surface area contributed by atoms with Crippen molar-refractivity contribution >= 4 is 0 Å². The lowest BCUT2D eigenvalue weighted by molar-refractivity contribution is 0.198. The van der Waals surface area contributed by atoms with E-state index in [4.69, 9.17) is 9.47 Å². The second kappa shape index (κ2) is 8.39. The molecule has 0 spiro atoms. The summed E-state index contributed by atoms with van der Waals surface area (Å²) in [5, 5.41) is 0. The summed E-state index contributed by atoms with van der Waals surface area (Å²) in [6.45, 7) is 2.95. The highest BCUT2D eigenvalue weighted by molar-refractivity contribution is 5.42. The van der Waals surface area contributed by atoms with Crippen LogP contribution in [-0.2, 0) is 13.6 Å².